The zero-order valence-corrected chi connectivity index (χ0v) is 14.5. The molecule has 0 amide bonds. The molecule has 112 valence electrons. The van der Waals surface area contributed by atoms with Crippen molar-refractivity contribution in [3.63, 3.8) is 0 Å². The first-order valence-electron chi connectivity index (χ1n) is 6.99. The second-order valence-electron chi connectivity index (χ2n) is 6.42. The molecule has 0 radical (unpaired) electrons. The number of fused-ring (bicyclic) bond motifs is 1. The van der Waals surface area contributed by atoms with Gasteiger partial charge in [-0.25, -0.2) is 0 Å². The average Bonchev–Trinajstić information content (AvgIpc) is 2.37. The van der Waals surface area contributed by atoms with Gasteiger partial charge in [0.25, 0.3) is 0 Å². The zero-order chi connectivity index (χ0) is 15.0. The van der Waals surface area contributed by atoms with E-state index >= 15 is 0 Å². The molecule has 1 aromatic rings. The molecule has 0 bridgehead atoms. The Hall–Kier alpha value is -0.580. The third-order valence-electron chi connectivity index (χ3n) is 4.04. The predicted molar refractivity (Wildman–Crippen MR) is 85.3 cm³/mol. The largest absolute Gasteiger partial charge is 0.487 e. The minimum Gasteiger partial charge on any atom is -0.487 e. The molecular weight excluding hydrogens is 318 g/mol. The summed E-state index contributed by atoms with van der Waals surface area (Å²) < 4.78 is 13.0. The van der Waals surface area contributed by atoms with Gasteiger partial charge in [-0.2, -0.15) is 0 Å². The lowest BCUT2D eigenvalue weighted by Crippen LogP contribution is -2.46. The number of halogens is 1. The molecule has 0 saturated carbocycles. The van der Waals surface area contributed by atoms with Gasteiger partial charge >= 0.3 is 0 Å². The van der Waals surface area contributed by atoms with Crippen molar-refractivity contribution in [1.29, 1.82) is 0 Å². The molecule has 1 aliphatic heterocycles. The minimum atomic E-state index is -0.228. The van der Waals surface area contributed by atoms with Crippen LogP contribution >= 0.6 is 15.9 Å². The first-order valence-corrected chi connectivity index (χ1v) is 7.79. The number of benzene rings is 1. The van der Waals surface area contributed by atoms with Gasteiger partial charge in [0.05, 0.1) is 5.60 Å². The van der Waals surface area contributed by atoms with Gasteiger partial charge in [-0.3, -0.25) is 0 Å². The first-order chi connectivity index (χ1) is 9.28. The summed E-state index contributed by atoms with van der Waals surface area (Å²) in [6.07, 6.45) is 1.78. The molecule has 0 spiro atoms. The van der Waals surface area contributed by atoms with Gasteiger partial charge in [0.2, 0.25) is 0 Å². The number of nitrogens with one attached hydrogen (secondary N) is 1. The van der Waals surface area contributed by atoms with Crippen LogP contribution < -0.4 is 10.1 Å². The van der Waals surface area contributed by atoms with E-state index in [1.54, 1.807) is 7.11 Å². The highest BCUT2D eigenvalue weighted by Gasteiger charge is 2.40. The summed E-state index contributed by atoms with van der Waals surface area (Å²) in [7, 11) is 3.76. The van der Waals surface area contributed by atoms with Crippen LogP contribution in [0.1, 0.15) is 45.2 Å². The second kappa shape index (κ2) is 5.66. The van der Waals surface area contributed by atoms with Gasteiger partial charge in [0, 0.05) is 36.0 Å². The van der Waals surface area contributed by atoms with Crippen molar-refractivity contribution >= 4 is 15.9 Å². The summed E-state index contributed by atoms with van der Waals surface area (Å²) in [5.74, 6) is 0.966. The van der Waals surface area contributed by atoms with Crippen LogP contribution in [0.5, 0.6) is 5.75 Å². The standard InChI is InChI=1S/C16H24BrNO2/c1-15(2,19-5)10-16(3)9-13(18-4)12-8-11(17)6-7-14(12)20-16/h6-8,13,18H,9-10H2,1-5H3. The Kier molecular flexibility index (Phi) is 4.47. The average molecular weight is 342 g/mol. The highest BCUT2D eigenvalue weighted by Crippen LogP contribution is 2.43. The smallest absolute Gasteiger partial charge is 0.124 e. The van der Waals surface area contributed by atoms with Crippen molar-refractivity contribution in [2.24, 2.45) is 0 Å². The molecule has 20 heavy (non-hydrogen) atoms. The maximum Gasteiger partial charge on any atom is 0.124 e. The highest BCUT2D eigenvalue weighted by atomic mass is 79.9. The Labute approximate surface area is 130 Å². The Morgan fingerprint density at radius 2 is 2.20 bits per heavy atom. The van der Waals surface area contributed by atoms with Gasteiger partial charge in [0.1, 0.15) is 11.4 Å². The maximum absolute atomic E-state index is 6.30. The summed E-state index contributed by atoms with van der Waals surface area (Å²) in [5, 5.41) is 3.40. The van der Waals surface area contributed by atoms with E-state index in [2.05, 4.69) is 48.1 Å². The molecule has 4 heteroatoms. The summed E-state index contributed by atoms with van der Waals surface area (Å²) in [5.41, 5.74) is 0.795. The van der Waals surface area contributed by atoms with Crippen LogP contribution in [0.2, 0.25) is 0 Å². The maximum atomic E-state index is 6.30. The van der Waals surface area contributed by atoms with Crippen LogP contribution in [0.25, 0.3) is 0 Å². The van der Waals surface area contributed by atoms with E-state index in [4.69, 9.17) is 9.47 Å². The Bertz CT molecular complexity index is 489. The SMILES string of the molecule is CNC1CC(C)(CC(C)(C)OC)Oc2ccc(Br)cc21. The number of hydrogen-bond acceptors (Lipinski definition) is 3. The van der Waals surface area contributed by atoms with E-state index in [0.717, 1.165) is 23.1 Å². The number of methoxy groups -OCH3 is 1. The van der Waals surface area contributed by atoms with E-state index in [1.165, 1.54) is 5.56 Å². The van der Waals surface area contributed by atoms with E-state index in [9.17, 15) is 0 Å². The van der Waals surface area contributed by atoms with Crippen LogP contribution in [0.4, 0.5) is 0 Å². The normalized spacial score (nSPS) is 26.0. The molecule has 1 heterocycles. The van der Waals surface area contributed by atoms with Crippen LogP contribution in [-0.2, 0) is 4.74 Å². The molecule has 1 aromatic carbocycles. The van der Waals surface area contributed by atoms with Crippen molar-refractivity contribution in [3.05, 3.63) is 28.2 Å². The molecule has 0 aromatic heterocycles. The molecule has 3 nitrogen and oxygen atoms in total. The first kappa shape index (κ1) is 15.8. The van der Waals surface area contributed by atoms with Crippen molar-refractivity contribution < 1.29 is 9.47 Å². The molecule has 2 rings (SSSR count). The van der Waals surface area contributed by atoms with E-state index < -0.39 is 0 Å². The Balaban J connectivity index is 2.31. The fraction of sp³-hybridized carbons (Fsp3) is 0.625. The van der Waals surface area contributed by atoms with E-state index in [1.807, 2.05) is 19.2 Å². The Morgan fingerprint density at radius 1 is 1.50 bits per heavy atom. The molecule has 2 atom stereocenters. The van der Waals surface area contributed by atoms with Crippen LogP contribution in [-0.4, -0.2) is 25.4 Å². The van der Waals surface area contributed by atoms with Gasteiger partial charge in [-0.15, -0.1) is 0 Å². The van der Waals surface area contributed by atoms with Crippen molar-refractivity contribution in [1.82, 2.24) is 5.32 Å². The summed E-state index contributed by atoms with van der Waals surface area (Å²) in [6, 6.07) is 6.51. The molecule has 2 unspecified atom stereocenters. The molecular formula is C16H24BrNO2. The van der Waals surface area contributed by atoms with Crippen LogP contribution in [0.15, 0.2) is 22.7 Å². The number of ether oxygens (including phenoxy) is 2. The lowest BCUT2D eigenvalue weighted by atomic mass is 9.81. The zero-order valence-electron chi connectivity index (χ0n) is 12.9. The Morgan fingerprint density at radius 3 is 2.80 bits per heavy atom. The summed E-state index contributed by atoms with van der Waals surface area (Å²) in [6.45, 7) is 6.38. The second-order valence-corrected chi connectivity index (χ2v) is 7.34. The van der Waals surface area contributed by atoms with Crippen molar-refractivity contribution in [2.75, 3.05) is 14.2 Å². The number of rotatable bonds is 4. The van der Waals surface area contributed by atoms with Crippen LogP contribution in [0.3, 0.4) is 0 Å². The third kappa shape index (κ3) is 3.35. The van der Waals surface area contributed by atoms with Gasteiger partial charge in [-0.05, 0) is 46.0 Å². The van der Waals surface area contributed by atoms with Gasteiger partial charge in [-0.1, -0.05) is 15.9 Å². The van der Waals surface area contributed by atoms with E-state index in [-0.39, 0.29) is 11.2 Å². The molecule has 1 N–H and O–H groups in total. The molecule has 0 fully saturated rings. The molecule has 0 saturated heterocycles. The topological polar surface area (TPSA) is 30.5 Å². The lowest BCUT2D eigenvalue weighted by molar-refractivity contribution is -0.0594. The third-order valence-corrected chi connectivity index (χ3v) is 4.53. The predicted octanol–water partition coefficient (Wildman–Crippen LogP) is 4.07. The molecule has 1 aliphatic rings. The monoisotopic (exact) mass is 341 g/mol. The molecule has 0 aliphatic carbocycles. The quantitative estimate of drug-likeness (QED) is 0.895. The summed E-state index contributed by atoms with van der Waals surface area (Å²) in [4.78, 5) is 0. The van der Waals surface area contributed by atoms with Crippen molar-refractivity contribution in [3.8, 4) is 5.75 Å². The fourth-order valence-electron chi connectivity index (χ4n) is 3.07. The van der Waals surface area contributed by atoms with Crippen molar-refractivity contribution in [2.45, 2.75) is 50.9 Å². The lowest BCUT2D eigenvalue weighted by Gasteiger charge is -2.43. The number of hydrogen-bond donors (Lipinski definition) is 1. The minimum absolute atomic E-state index is 0.195. The van der Waals surface area contributed by atoms with Crippen LogP contribution in [0, 0.1) is 0 Å². The fourth-order valence-corrected chi connectivity index (χ4v) is 3.45. The van der Waals surface area contributed by atoms with E-state index in [0.29, 0.717) is 6.04 Å². The van der Waals surface area contributed by atoms with Gasteiger partial charge < -0.3 is 14.8 Å². The van der Waals surface area contributed by atoms with Gasteiger partial charge in [0.15, 0.2) is 0 Å². The highest BCUT2D eigenvalue weighted by molar-refractivity contribution is 9.10. The summed E-state index contributed by atoms with van der Waals surface area (Å²) >= 11 is 3.53.